The van der Waals surface area contributed by atoms with E-state index in [1.54, 1.807) is 11.9 Å². The fourth-order valence-electron chi connectivity index (χ4n) is 2.88. The van der Waals surface area contributed by atoms with Crippen LogP contribution < -0.4 is 10.6 Å². The first-order valence-corrected chi connectivity index (χ1v) is 7.52. The molecule has 2 N–H and O–H groups in total. The third-order valence-electron chi connectivity index (χ3n) is 4.06. The van der Waals surface area contributed by atoms with E-state index in [1.165, 1.54) is 0 Å². The Morgan fingerprint density at radius 1 is 1.30 bits per heavy atom. The summed E-state index contributed by atoms with van der Waals surface area (Å²) >= 11 is 0. The second-order valence-corrected chi connectivity index (χ2v) is 5.56. The molecule has 0 aliphatic carbocycles. The Hall–Kier alpha value is -1.14. The summed E-state index contributed by atoms with van der Waals surface area (Å²) in [6, 6.07) is 0. The maximum atomic E-state index is 12.1. The van der Waals surface area contributed by atoms with Gasteiger partial charge in [-0.1, -0.05) is 0 Å². The molecule has 0 saturated carbocycles. The van der Waals surface area contributed by atoms with Crippen molar-refractivity contribution in [2.45, 2.75) is 31.8 Å². The Balaban J connectivity index is 1.69. The molecule has 0 aromatic carbocycles. The van der Waals surface area contributed by atoms with Gasteiger partial charge in [-0.2, -0.15) is 0 Å². The molecule has 2 heterocycles. The summed E-state index contributed by atoms with van der Waals surface area (Å²) in [4.78, 5) is 25.6. The van der Waals surface area contributed by atoms with Crippen molar-refractivity contribution < 1.29 is 14.3 Å². The summed E-state index contributed by atoms with van der Waals surface area (Å²) in [6.07, 6.45) is 4.20. The minimum absolute atomic E-state index is 0.0369. The van der Waals surface area contributed by atoms with Crippen LogP contribution in [-0.2, 0) is 14.3 Å². The summed E-state index contributed by atoms with van der Waals surface area (Å²) in [6.45, 7) is 3.20. The number of hydrogen-bond acceptors (Lipinski definition) is 4. The van der Waals surface area contributed by atoms with Crippen LogP contribution in [0.1, 0.15) is 25.7 Å². The number of hydrogen-bond donors (Lipinski definition) is 2. The van der Waals surface area contributed by atoms with Gasteiger partial charge in [0.1, 0.15) is 0 Å². The number of nitrogens with one attached hydrogen (secondary N) is 2. The summed E-state index contributed by atoms with van der Waals surface area (Å²) < 4.78 is 5.50. The van der Waals surface area contributed by atoms with Crippen LogP contribution in [0.4, 0.5) is 0 Å². The topological polar surface area (TPSA) is 70.7 Å². The van der Waals surface area contributed by atoms with Crippen molar-refractivity contribution >= 4 is 11.8 Å². The van der Waals surface area contributed by atoms with E-state index in [4.69, 9.17) is 4.74 Å². The van der Waals surface area contributed by atoms with E-state index in [0.717, 1.165) is 45.4 Å². The van der Waals surface area contributed by atoms with E-state index < -0.39 is 0 Å². The van der Waals surface area contributed by atoms with E-state index in [-0.39, 0.29) is 23.8 Å². The summed E-state index contributed by atoms with van der Waals surface area (Å²) in [7, 11) is 1.65. The Labute approximate surface area is 120 Å². The highest BCUT2D eigenvalue weighted by Gasteiger charge is 2.27. The fraction of sp³-hybridized carbons (Fsp3) is 0.857. The van der Waals surface area contributed by atoms with Gasteiger partial charge in [0.15, 0.2) is 0 Å². The maximum absolute atomic E-state index is 12.1. The lowest BCUT2D eigenvalue weighted by molar-refractivity contribution is -0.134. The molecule has 2 saturated heterocycles. The normalized spacial score (nSPS) is 26.6. The average molecular weight is 283 g/mol. The van der Waals surface area contributed by atoms with Gasteiger partial charge in [-0.05, 0) is 25.7 Å². The lowest BCUT2D eigenvalue weighted by Crippen LogP contribution is -2.47. The van der Waals surface area contributed by atoms with Gasteiger partial charge >= 0.3 is 0 Å². The summed E-state index contributed by atoms with van der Waals surface area (Å²) in [5, 5.41) is 5.83. The van der Waals surface area contributed by atoms with Crippen molar-refractivity contribution in [2.75, 3.05) is 39.8 Å². The van der Waals surface area contributed by atoms with Crippen LogP contribution >= 0.6 is 0 Å². The molecule has 2 unspecified atom stereocenters. The van der Waals surface area contributed by atoms with Crippen LogP contribution in [0.2, 0.25) is 0 Å². The van der Waals surface area contributed by atoms with Crippen LogP contribution in [0, 0.1) is 5.92 Å². The maximum Gasteiger partial charge on any atom is 0.236 e. The van der Waals surface area contributed by atoms with Crippen molar-refractivity contribution in [3.63, 3.8) is 0 Å². The molecule has 2 fully saturated rings. The number of ether oxygens (including phenoxy) is 1. The number of likely N-dealkylation sites (tertiary alicyclic amines) is 1. The van der Waals surface area contributed by atoms with Gasteiger partial charge in [-0.15, -0.1) is 0 Å². The Morgan fingerprint density at radius 2 is 2.15 bits per heavy atom. The van der Waals surface area contributed by atoms with Crippen molar-refractivity contribution in [2.24, 2.45) is 5.92 Å². The van der Waals surface area contributed by atoms with Gasteiger partial charge in [-0.25, -0.2) is 0 Å². The van der Waals surface area contributed by atoms with Crippen molar-refractivity contribution in [1.82, 2.24) is 15.5 Å². The third kappa shape index (κ3) is 4.18. The zero-order chi connectivity index (χ0) is 14.4. The van der Waals surface area contributed by atoms with E-state index in [2.05, 4.69) is 10.6 Å². The molecule has 0 spiro atoms. The lowest BCUT2D eigenvalue weighted by atomic mass is 9.97. The first-order chi connectivity index (χ1) is 9.70. The highest BCUT2D eigenvalue weighted by atomic mass is 16.5. The van der Waals surface area contributed by atoms with E-state index >= 15 is 0 Å². The van der Waals surface area contributed by atoms with Gasteiger partial charge < -0.3 is 20.3 Å². The molecule has 2 atom stereocenters. The number of rotatable bonds is 5. The molecule has 0 bridgehead atoms. The zero-order valence-corrected chi connectivity index (χ0v) is 12.2. The Morgan fingerprint density at radius 3 is 2.85 bits per heavy atom. The molecule has 114 valence electrons. The highest BCUT2D eigenvalue weighted by Crippen LogP contribution is 2.16. The minimum atomic E-state index is -0.0594. The van der Waals surface area contributed by atoms with Crippen molar-refractivity contribution in [3.05, 3.63) is 0 Å². The predicted molar refractivity (Wildman–Crippen MR) is 75.2 cm³/mol. The van der Waals surface area contributed by atoms with Crippen LogP contribution in [0.15, 0.2) is 0 Å². The number of carbonyl (C=O) groups is 2. The number of nitrogens with zero attached hydrogens (tertiary/aromatic N) is 1. The molecule has 20 heavy (non-hydrogen) atoms. The lowest BCUT2D eigenvalue weighted by Gasteiger charge is -2.32. The molecule has 2 amide bonds. The molecule has 0 aromatic rings. The summed E-state index contributed by atoms with van der Waals surface area (Å²) in [5.74, 6) is 0.0577. The molecule has 6 heteroatoms. The van der Waals surface area contributed by atoms with E-state index in [9.17, 15) is 9.59 Å². The van der Waals surface area contributed by atoms with Gasteiger partial charge in [0.2, 0.25) is 11.8 Å². The fourth-order valence-corrected chi connectivity index (χ4v) is 2.88. The van der Waals surface area contributed by atoms with Crippen LogP contribution in [0.5, 0.6) is 0 Å². The van der Waals surface area contributed by atoms with Crippen molar-refractivity contribution in [1.29, 1.82) is 0 Å². The van der Waals surface area contributed by atoms with Crippen LogP contribution in [-0.4, -0.2) is 62.7 Å². The number of piperidine rings is 1. The standard InChI is InChI=1S/C14H25N3O3/c1-15-14(19)11-4-2-6-17(10-11)13(18)9-16-8-12-5-3-7-20-12/h11-12,16H,2-10H2,1H3,(H,15,19). The summed E-state index contributed by atoms with van der Waals surface area (Å²) in [5.41, 5.74) is 0. The molecule has 2 rings (SSSR count). The first-order valence-electron chi connectivity index (χ1n) is 7.52. The molecule has 2 aliphatic rings. The SMILES string of the molecule is CNC(=O)C1CCCN(C(=O)CNCC2CCCO2)C1. The highest BCUT2D eigenvalue weighted by molar-refractivity contribution is 5.81. The van der Waals surface area contributed by atoms with E-state index in [0.29, 0.717) is 13.1 Å². The largest absolute Gasteiger partial charge is 0.377 e. The molecular formula is C14H25N3O3. The van der Waals surface area contributed by atoms with Crippen LogP contribution in [0.3, 0.4) is 0 Å². The third-order valence-corrected chi connectivity index (χ3v) is 4.06. The minimum Gasteiger partial charge on any atom is -0.377 e. The van der Waals surface area contributed by atoms with Gasteiger partial charge in [0, 0.05) is 33.3 Å². The quantitative estimate of drug-likeness (QED) is 0.729. The second-order valence-electron chi connectivity index (χ2n) is 5.56. The zero-order valence-electron chi connectivity index (χ0n) is 12.2. The monoisotopic (exact) mass is 283 g/mol. The molecule has 0 aromatic heterocycles. The second kappa shape index (κ2) is 7.59. The molecule has 0 radical (unpaired) electrons. The number of amides is 2. The van der Waals surface area contributed by atoms with Gasteiger partial charge in [-0.3, -0.25) is 9.59 Å². The molecule has 6 nitrogen and oxygen atoms in total. The molecule has 2 aliphatic heterocycles. The first kappa shape index (κ1) is 15.3. The van der Waals surface area contributed by atoms with Crippen molar-refractivity contribution in [3.8, 4) is 0 Å². The Kier molecular flexibility index (Phi) is 5.79. The molecular weight excluding hydrogens is 258 g/mol. The van der Waals surface area contributed by atoms with Crippen LogP contribution in [0.25, 0.3) is 0 Å². The van der Waals surface area contributed by atoms with Gasteiger partial charge in [0.25, 0.3) is 0 Å². The van der Waals surface area contributed by atoms with Gasteiger partial charge in [0.05, 0.1) is 18.6 Å². The smallest absolute Gasteiger partial charge is 0.236 e. The number of carbonyl (C=O) groups excluding carboxylic acids is 2. The predicted octanol–water partition coefficient (Wildman–Crippen LogP) is -0.260. The van der Waals surface area contributed by atoms with E-state index in [1.807, 2.05) is 0 Å². The Bertz CT molecular complexity index is 343. The average Bonchev–Trinajstić information content (AvgIpc) is 2.99.